The van der Waals surface area contributed by atoms with E-state index in [1.807, 2.05) is 30.3 Å². The summed E-state index contributed by atoms with van der Waals surface area (Å²) in [7, 11) is 0. The van der Waals surface area contributed by atoms with Gasteiger partial charge in [-0.25, -0.2) is 0 Å². The van der Waals surface area contributed by atoms with Crippen molar-refractivity contribution in [3.05, 3.63) is 48.3 Å². The number of pyridine rings is 1. The van der Waals surface area contributed by atoms with E-state index in [0.29, 0.717) is 12.3 Å². The van der Waals surface area contributed by atoms with Crippen LogP contribution >= 0.6 is 0 Å². The lowest BCUT2D eigenvalue weighted by Gasteiger charge is -2.10. The van der Waals surface area contributed by atoms with Crippen LogP contribution in [0.15, 0.2) is 42.7 Å². The standard InChI is InChI=1S/C15H18N2O2/c1-2-9-18-13-3-5-14(6-4-13)19-15-11-17-8-7-12(15)10-16/h3-8,11H,2,9-10,16H2,1H3. The molecule has 1 aromatic carbocycles. The molecule has 1 aromatic heterocycles. The van der Waals surface area contributed by atoms with Crippen molar-refractivity contribution in [2.45, 2.75) is 19.9 Å². The van der Waals surface area contributed by atoms with Gasteiger partial charge in [-0.3, -0.25) is 4.98 Å². The number of nitrogens with two attached hydrogens (primary N) is 1. The third kappa shape index (κ3) is 3.69. The van der Waals surface area contributed by atoms with Gasteiger partial charge in [-0.1, -0.05) is 6.92 Å². The maximum Gasteiger partial charge on any atom is 0.150 e. The van der Waals surface area contributed by atoms with Crippen LogP contribution in [-0.4, -0.2) is 11.6 Å². The normalized spacial score (nSPS) is 10.2. The van der Waals surface area contributed by atoms with E-state index in [1.165, 1.54) is 0 Å². The Bertz CT molecular complexity index is 512. The molecule has 0 spiro atoms. The van der Waals surface area contributed by atoms with Crippen molar-refractivity contribution in [3.8, 4) is 17.2 Å². The molecular formula is C15H18N2O2. The third-order valence-electron chi connectivity index (χ3n) is 2.61. The summed E-state index contributed by atoms with van der Waals surface area (Å²) in [6.45, 7) is 3.23. The van der Waals surface area contributed by atoms with E-state index < -0.39 is 0 Å². The predicted molar refractivity (Wildman–Crippen MR) is 74.4 cm³/mol. The van der Waals surface area contributed by atoms with Crippen molar-refractivity contribution in [2.75, 3.05) is 6.61 Å². The molecule has 0 atom stereocenters. The number of rotatable bonds is 6. The summed E-state index contributed by atoms with van der Waals surface area (Å²) in [5.74, 6) is 2.28. The van der Waals surface area contributed by atoms with Crippen molar-refractivity contribution in [2.24, 2.45) is 5.73 Å². The van der Waals surface area contributed by atoms with E-state index >= 15 is 0 Å². The van der Waals surface area contributed by atoms with E-state index in [-0.39, 0.29) is 0 Å². The van der Waals surface area contributed by atoms with Crippen LogP contribution in [0.4, 0.5) is 0 Å². The minimum atomic E-state index is 0.426. The fourth-order valence-electron chi connectivity index (χ4n) is 1.62. The minimum Gasteiger partial charge on any atom is -0.494 e. The Hall–Kier alpha value is -2.07. The van der Waals surface area contributed by atoms with Gasteiger partial charge in [-0.15, -0.1) is 0 Å². The molecule has 0 saturated carbocycles. The number of aromatic nitrogens is 1. The quantitative estimate of drug-likeness (QED) is 0.864. The molecule has 0 amide bonds. The molecular weight excluding hydrogens is 240 g/mol. The van der Waals surface area contributed by atoms with Crippen molar-refractivity contribution in [3.63, 3.8) is 0 Å². The number of hydrogen-bond acceptors (Lipinski definition) is 4. The Kier molecular flexibility index (Phi) is 4.75. The molecule has 0 unspecified atom stereocenters. The Labute approximate surface area is 113 Å². The fraction of sp³-hybridized carbons (Fsp3) is 0.267. The van der Waals surface area contributed by atoms with Gasteiger partial charge in [0.1, 0.15) is 17.2 Å². The molecule has 1 heterocycles. The highest BCUT2D eigenvalue weighted by Crippen LogP contribution is 2.25. The zero-order valence-electron chi connectivity index (χ0n) is 11.0. The van der Waals surface area contributed by atoms with Crippen LogP contribution in [-0.2, 0) is 6.54 Å². The Morgan fingerprint density at radius 1 is 1.11 bits per heavy atom. The van der Waals surface area contributed by atoms with Crippen LogP contribution in [0.1, 0.15) is 18.9 Å². The summed E-state index contributed by atoms with van der Waals surface area (Å²) < 4.78 is 11.3. The maximum atomic E-state index is 5.76. The van der Waals surface area contributed by atoms with Crippen LogP contribution in [0, 0.1) is 0 Å². The topological polar surface area (TPSA) is 57.4 Å². The highest BCUT2D eigenvalue weighted by molar-refractivity contribution is 5.37. The van der Waals surface area contributed by atoms with E-state index in [0.717, 1.165) is 30.1 Å². The lowest BCUT2D eigenvalue weighted by atomic mass is 10.2. The average Bonchev–Trinajstić information content (AvgIpc) is 2.47. The van der Waals surface area contributed by atoms with Crippen molar-refractivity contribution >= 4 is 0 Å². The van der Waals surface area contributed by atoms with Gasteiger partial charge < -0.3 is 15.2 Å². The number of nitrogens with zero attached hydrogens (tertiary/aromatic N) is 1. The van der Waals surface area contributed by atoms with Gasteiger partial charge in [-0.05, 0) is 36.8 Å². The second-order valence-electron chi connectivity index (χ2n) is 4.11. The average molecular weight is 258 g/mol. The van der Waals surface area contributed by atoms with Crippen LogP contribution in [0.3, 0.4) is 0 Å². The monoisotopic (exact) mass is 258 g/mol. The number of ether oxygens (including phenoxy) is 2. The third-order valence-corrected chi connectivity index (χ3v) is 2.61. The molecule has 2 aromatic rings. The SMILES string of the molecule is CCCOc1ccc(Oc2cnccc2CN)cc1. The summed E-state index contributed by atoms with van der Waals surface area (Å²) in [5, 5.41) is 0. The zero-order valence-corrected chi connectivity index (χ0v) is 11.0. The van der Waals surface area contributed by atoms with Crippen molar-refractivity contribution in [1.29, 1.82) is 0 Å². The van der Waals surface area contributed by atoms with E-state index in [2.05, 4.69) is 11.9 Å². The number of hydrogen-bond donors (Lipinski definition) is 1. The summed E-state index contributed by atoms with van der Waals surface area (Å²) >= 11 is 0. The van der Waals surface area contributed by atoms with Crippen LogP contribution < -0.4 is 15.2 Å². The van der Waals surface area contributed by atoms with Gasteiger partial charge in [0, 0.05) is 18.3 Å². The molecule has 0 aliphatic carbocycles. The Balaban J connectivity index is 2.06. The zero-order chi connectivity index (χ0) is 13.5. The molecule has 0 saturated heterocycles. The summed E-state index contributed by atoms with van der Waals surface area (Å²) in [4.78, 5) is 4.04. The van der Waals surface area contributed by atoms with Gasteiger partial charge in [0.2, 0.25) is 0 Å². The Morgan fingerprint density at radius 2 is 1.84 bits per heavy atom. The molecule has 0 radical (unpaired) electrons. The van der Waals surface area contributed by atoms with E-state index in [9.17, 15) is 0 Å². The Morgan fingerprint density at radius 3 is 2.53 bits per heavy atom. The molecule has 100 valence electrons. The molecule has 0 bridgehead atoms. The van der Waals surface area contributed by atoms with E-state index in [4.69, 9.17) is 15.2 Å². The molecule has 4 nitrogen and oxygen atoms in total. The first-order valence-corrected chi connectivity index (χ1v) is 6.37. The highest BCUT2D eigenvalue weighted by Gasteiger charge is 2.03. The van der Waals surface area contributed by atoms with Gasteiger partial charge in [0.25, 0.3) is 0 Å². The van der Waals surface area contributed by atoms with Gasteiger partial charge in [0.05, 0.1) is 12.8 Å². The van der Waals surface area contributed by atoms with Crippen LogP contribution in [0.25, 0.3) is 0 Å². The van der Waals surface area contributed by atoms with Crippen molar-refractivity contribution < 1.29 is 9.47 Å². The predicted octanol–water partition coefficient (Wildman–Crippen LogP) is 3.12. The second-order valence-corrected chi connectivity index (χ2v) is 4.11. The molecule has 4 heteroatoms. The van der Waals surface area contributed by atoms with Gasteiger partial charge in [0.15, 0.2) is 0 Å². The van der Waals surface area contributed by atoms with Gasteiger partial charge in [-0.2, -0.15) is 0 Å². The lowest BCUT2D eigenvalue weighted by molar-refractivity contribution is 0.317. The lowest BCUT2D eigenvalue weighted by Crippen LogP contribution is -2.00. The van der Waals surface area contributed by atoms with Crippen LogP contribution in [0.2, 0.25) is 0 Å². The second kappa shape index (κ2) is 6.75. The van der Waals surface area contributed by atoms with E-state index in [1.54, 1.807) is 12.4 Å². The minimum absolute atomic E-state index is 0.426. The molecule has 2 N–H and O–H groups in total. The molecule has 0 fully saturated rings. The first-order chi connectivity index (χ1) is 9.33. The first kappa shape index (κ1) is 13.4. The smallest absolute Gasteiger partial charge is 0.150 e. The molecule has 19 heavy (non-hydrogen) atoms. The highest BCUT2D eigenvalue weighted by atomic mass is 16.5. The molecule has 2 rings (SSSR count). The summed E-state index contributed by atoms with van der Waals surface area (Å²) in [5.41, 5.74) is 6.59. The summed E-state index contributed by atoms with van der Waals surface area (Å²) in [6, 6.07) is 9.39. The maximum absolute atomic E-state index is 5.76. The van der Waals surface area contributed by atoms with Crippen molar-refractivity contribution in [1.82, 2.24) is 4.98 Å². The fourth-order valence-corrected chi connectivity index (χ4v) is 1.62. The number of benzene rings is 1. The van der Waals surface area contributed by atoms with Gasteiger partial charge >= 0.3 is 0 Å². The molecule has 0 aliphatic heterocycles. The summed E-state index contributed by atoms with van der Waals surface area (Å²) in [6.07, 6.45) is 4.37. The van der Waals surface area contributed by atoms with Crippen LogP contribution in [0.5, 0.6) is 17.2 Å². The molecule has 0 aliphatic rings. The first-order valence-electron chi connectivity index (χ1n) is 6.37. The largest absolute Gasteiger partial charge is 0.494 e.